The molecule has 0 bridgehead atoms. The molecule has 3 aromatic rings. The lowest BCUT2D eigenvalue weighted by Crippen LogP contribution is -2.13. The topological polar surface area (TPSA) is 67.9 Å². The number of aromatic nitrogens is 2. The summed E-state index contributed by atoms with van der Waals surface area (Å²) in [6, 6.07) is 18.6. The largest absolute Gasteiger partial charge is 0.443 e. The van der Waals surface area contributed by atoms with E-state index < -0.39 is 6.09 Å². The molecule has 5 nitrogen and oxygen atoms in total. The summed E-state index contributed by atoms with van der Waals surface area (Å²) in [7, 11) is 0. The zero-order chi connectivity index (χ0) is 16.1. The second-order valence-corrected chi connectivity index (χ2v) is 4.90. The Balaban J connectivity index is 1.68. The molecule has 0 radical (unpaired) electrons. The number of carbonyl (C=O) groups is 1. The summed E-state index contributed by atoms with van der Waals surface area (Å²) in [5.74, 6) is 0. The lowest BCUT2D eigenvalue weighted by atomic mass is 10.1. The van der Waals surface area contributed by atoms with Gasteiger partial charge >= 0.3 is 6.09 Å². The number of nitriles is 1. The molecule has 0 N–H and O–H groups in total. The highest BCUT2D eigenvalue weighted by Gasteiger charge is 2.10. The summed E-state index contributed by atoms with van der Waals surface area (Å²) in [6.07, 6.45) is 2.66. The Morgan fingerprint density at radius 3 is 2.52 bits per heavy atom. The first-order valence-corrected chi connectivity index (χ1v) is 7.02. The van der Waals surface area contributed by atoms with Gasteiger partial charge in [0.15, 0.2) is 0 Å². The van der Waals surface area contributed by atoms with E-state index in [1.807, 2.05) is 42.5 Å². The average Bonchev–Trinajstić information content (AvgIpc) is 3.11. The van der Waals surface area contributed by atoms with Crippen molar-refractivity contribution in [3.05, 3.63) is 78.1 Å². The molecule has 112 valence electrons. The predicted molar refractivity (Wildman–Crippen MR) is 84.4 cm³/mol. The third kappa shape index (κ3) is 3.44. The molecule has 0 aliphatic rings. The van der Waals surface area contributed by atoms with Gasteiger partial charge in [-0.15, -0.1) is 0 Å². The zero-order valence-electron chi connectivity index (χ0n) is 12.2. The lowest BCUT2D eigenvalue weighted by molar-refractivity contribution is 0.138. The van der Waals surface area contributed by atoms with Crippen LogP contribution in [0.1, 0.15) is 11.1 Å². The summed E-state index contributed by atoms with van der Waals surface area (Å²) < 4.78 is 6.38. The van der Waals surface area contributed by atoms with E-state index in [1.165, 1.54) is 0 Å². The highest BCUT2D eigenvalue weighted by atomic mass is 16.6. The number of rotatable bonds is 3. The van der Waals surface area contributed by atoms with Gasteiger partial charge in [0.25, 0.3) is 0 Å². The van der Waals surface area contributed by atoms with Crippen molar-refractivity contribution in [2.45, 2.75) is 6.61 Å². The van der Waals surface area contributed by atoms with Crippen molar-refractivity contribution in [1.29, 1.82) is 5.26 Å². The number of nitrogens with zero attached hydrogens (tertiary/aromatic N) is 3. The van der Waals surface area contributed by atoms with E-state index in [2.05, 4.69) is 11.2 Å². The molecule has 0 aliphatic carbocycles. The normalized spacial score (nSPS) is 10.0. The molecule has 3 rings (SSSR count). The first-order chi connectivity index (χ1) is 11.3. The zero-order valence-corrected chi connectivity index (χ0v) is 12.2. The van der Waals surface area contributed by atoms with E-state index in [4.69, 9.17) is 10.00 Å². The minimum atomic E-state index is -0.534. The fourth-order valence-corrected chi connectivity index (χ4v) is 2.09. The van der Waals surface area contributed by atoms with Crippen LogP contribution in [0.4, 0.5) is 4.79 Å². The van der Waals surface area contributed by atoms with Gasteiger partial charge in [0.2, 0.25) is 0 Å². The average molecular weight is 303 g/mol. The minimum Gasteiger partial charge on any atom is -0.443 e. The Morgan fingerprint density at radius 2 is 1.83 bits per heavy atom. The third-order valence-electron chi connectivity index (χ3n) is 3.32. The Hall–Kier alpha value is -3.39. The van der Waals surface area contributed by atoms with Crippen molar-refractivity contribution in [3.8, 4) is 17.2 Å². The molecule has 0 unspecified atom stereocenters. The number of ether oxygens (including phenoxy) is 1. The number of hydrogen-bond acceptors (Lipinski definition) is 4. The third-order valence-corrected chi connectivity index (χ3v) is 3.32. The van der Waals surface area contributed by atoms with Crippen molar-refractivity contribution in [3.63, 3.8) is 0 Å². The Labute approximate surface area is 133 Å². The van der Waals surface area contributed by atoms with Crippen LogP contribution in [0.25, 0.3) is 11.1 Å². The summed E-state index contributed by atoms with van der Waals surface area (Å²) in [5, 5.41) is 12.8. The van der Waals surface area contributed by atoms with Crippen LogP contribution in [-0.2, 0) is 11.3 Å². The van der Waals surface area contributed by atoms with E-state index in [1.54, 1.807) is 24.5 Å². The molecule has 23 heavy (non-hydrogen) atoms. The van der Waals surface area contributed by atoms with E-state index >= 15 is 0 Å². The molecule has 0 aliphatic heterocycles. The fourth-order valence-electron chi connectivity index (χ4n) is 2.09. The van der Waals surface area contributed by atoms with E-state index in [0.717, 1.165) is 21.4 Å². The first kappa shape index (κ1) is 14.5. The summed E-state index contributed by atoms with van der Waals surface area (Å²) in [4.78, 5) is 12.0. The predicted octanol–water partition coefficient (Wildman–Crippen LogP) is 3.61. The van der Waals surface area contributed by atoms with Gasteiger partial charge in [-0.25, -0.2) is 4.79 Å². The minimum absolute atomic E-state index is 0.200. The van der Waals surface area contributed by atoms with Gasteiger partial charge in [0.05, 0.1) is 17.8 Å². The van der Waals surface area contributed by atoms with E-state index in [-0.39, 0.29) is 6.61 Å². The van der Waals surface area contributed by atoms with Gasteiger partial charge in [-0.3, -0.25) is 0 Å². The molecule has 0 saturated carbocycles. The molecular formula is C18H13N3O2. The highest BCUT2D eigenvalue weighted by Crippen LogP contribution is 2.19. The van der Waals surface area contributed by atoms with Crippen LogP contribution in [0, 0.1) is 11.3 Å². The summed E-state index contributed by atoms with van der Waals surface area (Å²) >= 11 is 0. The van der Waals surface area contributed by atoms with Gasteiger partial charge in [-0.05, 0) is 23.3 Å². The molecule has 0 fully saturated rings. The second-order valence-electron chi connectivity index (χ2n) is 4.90. The molecule has 0 amide bonds. The monoisotopic (exact) mass is 303 g/mol. The Morgan fingerprint density at radius 1 is 1.09 bits per heavy atom. The van der Waals surface area contributed by atoms with Crippen molar-refractivity contribution < 1.29 is 9.53 Å². The van der Waals surface area contributed by atoms with Crippen LogP contribution < -0.4 is 0 Å². The van der Waals surface area contributed by atoms with Crippen LogP contribution in [0.2, 0.25) is 0 Å². The van der Waals surface area contributed by atoms with Gasteiger partial charge < -0.3 is 4.74 Å². The quantitative estimate of drug-likeness (QED) is 0.741. The van der Waals surface area contributed by atoms with Gasteiger partial charge in [0.1, 0.15) is 6.61 Å². The maximum Gasteiger partial charge on any atom is 0.435 e. The van der Waals surface area contributed by atoms with Crippen molar-refractivity contribution in [2.75, 3.05) is 0 Å². The number of carbonyl (C=O) groups excluding carboxylic acids is 1. The smallest absolute Gasteiger partial charge is 0.435 e. The molecule has 2 aromatic carbocycles. The molecule has 5 heteroatoms. The SMILES string of the molecule is N#Cc1ccc(-c2cnn(C(=O)OCc3ccccc3)c2)cc1. The lowest BCUT2D eigenvalue weighted by Gasteiger charge is -2.04. The van der Waals surface area contributed by atoms with Crippen molar-refractivity contribution >= 4 is 6.09 Å². The maximum atomic E-state index is 12.0. The summed E-state index contributed by atoms with van der Waals surface area (Å²) in [6.45, 7) is 0.200. The van der Waals surface area contributed by atoms with Crippen LogP contribution >= 0.6 is 0 Å². The van der Waals surface area contributed by atoms with Crippen molar-refractivity contribution in [2.24, 2.45) is 0 Å². The van der Waals surface area contributed by atoms with Crippen LogP contribution in [-0.4, -0.2) is 15.9 Å². The highest BCUT2D eigenvalue weighted by molar-refractivity contribution is 5.72. The standard InChI is InChI=1S/C18H13N3O2/c19-10-14-6-8-16(9-7-14)17-11-20-21(12-17)18(22)23-13-15-4-2-1-3-5-15/h1-9,11-12H,13H2. The fraction of sp³-hybridized carbons (Fsp3) is 0.0556. The summed E-state index contributed by atoms with van der Waals surface area (Å²) in [5.41, 5.74) is 3.17. The molecule has 1 heterocycles. The maximum absolute atomic E-state index is 12.0. The molecule has 1 aromatic heterocycles. The Bertz CT molecular complexity index is 846. The number of hydrogen-bond donors (Lipinski definition) is 0. The molecular weight excluding hydrogens is 290 g/mol. The molecule has 0 spiro atoms. The van der Waals surface area contributed by atoms with E-state index in [0.29, 0.717) is 5.56 Å². The van der Waals surface area contributed by atoms with Crippen LogP contribution in [0.3, 0.4) is 0 Å². The van der Waals surface area contributed by atoms with Crippen molar-refractivity contribution in [1.82, 2.24) is 9.78 Å². The second kappa shape index (κ2) is 6.58. The molecule has 0 saturated heterocycles. The first-order valence-electron chi connectivity index (χ1n) is 7.02. The van der Waals surface area contributed by atoms with Gasteiger partial charge in [-0.2, -0.15) is 15.0 Å². The van der Waals surface area contributed by atoms with E-state index in [9.17, 15) is 4.79 Å². The van der Waals surface area contributed by atoms with Gasteiger partial charge in [0, 0.05) is 11.8 Å². The number of benzene rings is 2. The van der Waals surface area contributed by atoms with Crippen LogP contribution in [0.15, 0.2) is 67.0 Å². The van der Waals surface area contributed by atoms with Crippen LogP contribution in [0.5, 0.6) is 0 Å². The molecule has 0 atom stereocenters. The van der Waals surface area contributed by atoms with Gasteiger partial charge in [-0.1, -0.05) is 42.5 Å². The Kier molecular flexibility index (Phi) is 4.16.